The van der Waals surface area contributed by atoms with Crippen LogP contribution >= 0.6 is 0 Å². The molecule has 0 aliphatic carbocycles. The number of carbonyl (C=O) groups is 2. The molecule has 5 heteroatoms. The Morgan fingerprint density at radius 1 is 1.11 bits per heavy atom. The van der Waals surface area contributed by atoms with E-state index in [2.05, 4.69) is 32.9 Å². The average molecular weight is 367 g/mol. The summed E-state index contributed by atoms with van der Waals surface area (Å²) in [5.41, 5.74) is 2.83. The molecule has 0 saturated carbocycles. The van der Waals surface area contributed by atoms with Crippen molar-refractivity contribution in [1.29, 1.82) is 0 Å². The fourth-order valence-corrected chi connectivity index (χ4v) is 2.93. The van der Waals surface area contributed by atoms with Crippen LogP contribution in [-0.4, -0.2) is 25.0 Å². The number of rotatable bonds is 4. The normalized spacial score (nSPS) is 14.2. The molecule has 0 N–H and O–H groups in total. The molecule has 0 spiro atoms. The highest BCUT2D eigenvalue weighted by Gasteiger charge is 2.25. The third-order valence-electron chi connectivity index (χ3n) is 4.54. The summed E-state index contributed by atoms with van der Waals surface area (Å²) < 4.78 is 11.0. The van der Waals surface area contributed by atoms with Crippen LogP contribution in [0.4, 0.5) is 5.69 Å². The van der Waals surface area contributed by atoms with Gasteiger partial charge in [-0.2, -0.15) is 0 Å². The lowest BCUT2D eigenvalue weighted by Crippen LogP contribution is -2.36. The van der Waals surface area contributed by atoms with E-state index in [0.717, 1.165) is 5.56 Å². The quantitative estimate of drug-likeness (QED) is 0.771. The first-order valence-corrected chi connectivity index (χ1v) is 9.12. The van der Waals surface area contributed by atoms with Crippen molar-refractivity contribution >= 4 is 17.6 Å². The fraction of sp³-hybridized carbons (Fsp3) is 0.364. The third-order valence-corrected chi connectivity index (χ3v) is 4.54. The van der Waals surface area contributed by atoms with Crippen LogP contribution in [0.2, 0.25) is 0 Å². The van der Waals surface area contributed by atoms with Gasteiger partial charge in [-0.05, 0) is 28.7 Å². The van der Waals surface area contributed by atoms with Crippen molar-refractivity contribution in [3.63, 3.8) is 0 Å². The number of benzene rings is 2. The molecule has 0 bridgehead atoms. The highest BCUT2D eigenvalue weighted by atomic mass is 16.5. The maximum Gasteiger partial charge on any atom is 0.326 e. The Morgan fingerprint density at radius 3 is 2.52 bits per heavy atom. The number of para-hydroxylation sites is 2. The molecule has 2 aromatic rings. The molecule has 1 amide bonds. The van der Waals surface area contributed by atoms with Gasteiger partial charge in [-0.25, -0.2) is 0 Å². The van der Waals surface area contributed by atoms with Gasteiger partial charge >= 0.3 is 5.97 Å². The van der Waals surface area contributed by atoms with Gasteiger partial charge < -0.3 is 9.47 Å². The Morgan fingerprint density at radius 2 is 1.81 bits per heavy atom. The van der Waals surface area contributed by atoms with Gasteiger partial charge in [-0.3, -0.25) is 14.5 Å². The first-order valence-electron chi connectivity index (χ1n) is 9.12. The number of ether oxygens (including phenoxy) is 2. The molecule has 1 aliphatic rings. The second kappa shape index (κ2) is 7.82. The number of fused-ring (bicyclic) bond motifs is 1. The zero-order chi connectivity index (χ0) is 19.4. The molecule has 0 fully saturated rings. The van der Waals surface area contributed by atoms with Crippen LogP contribution in [0.3, 0.4) is 0 Å². The largest absolute Gasteiger partial charge is 0.491 e. The predicted molar refractivity (Wildman–Crippen MR) is 104 cm³/mol. The van der Waals surface area contributed by atoms with Gasteiger partial charge in [-0.1, -0.05) is 57.2 Å². The molecule has 3 rings (SSSR count). The monoisotopic (exact) mass is 367 g/mol. The van der Waals surface area contributed by atoms with Gasteiger partial charge in [0.1, 0.15) is 18.9 Å². The van der Waals surface area contributed by atoms with E-state index in [1.165, 1.54) is 10.5 Å². The molecule has 1 heterocycles. The lowest BCUT2D eigenvalue weighted by Gasteiger charge is -2.21. The Labute approximate surface area is 159 Å². The minimum Gasteiger partial charge on any atom is -0.491 e. The first-order chi connectivity index (χ1) is 12.8. The van der Waals surface area contributed by atoms with Crippen LogP contribution in [0.15, 0.2) is 48.5 Å². The Balaban J connectivity index is 1.63. The lowest BCUT2D eigenvalue weighted by atomic mass is 9.87. The van der Waals surface area contributed by atoms with Crippen LogP contribution in [0, 0.1) is 0 Å². The number of nitrogens with zero attached hydrogens (tertiary/aromatic N) is 1. The summed E-state index contributed by atoms with van der Waals surface area (Å²) in [6.07, 6.45) is 0.232. The number of hydrogen-bond donors (Lipinski definition) is 0. The van der Waals surface area contributed by atoms with Gasteiger partial charge in [0, 0.05) is 0 Å². The topological polar surface area (TPSA) is 55.8 Å². The number of carbonyl (C=O) groups excluding carboxylic acids is 2. The second-order valence-electron chi connectivity index (χ2n) is 7.65. The van der Waals surface area contributed by atoms with Crippen molar-refractivity contribution < 1.29 is 19.1 Å². The van der Waals surface area contributed by atoms with Gasteiger partial charge in [0.2, 0.25) is 5.91 Å². The van der Waals surface area contributed by atoms with E-state index in [9.17, 15) is 9.59 Å². The zero-order valence-corrected chi connectivity index (χ0v) is 16.0. The maximum absolute atomic E-state index is 12.4. The van der Waals surface area contributed by atoms with Gasteiger partial charge in [0.25, 0.3) is 0 Å². The number of hydrogen-bond acceptors (Lipinski definition) is 4. The van der Waals surface area contributed by atoms with Crippen molar-refractivity contribution in [2.24, 2.45) is 0 Å². The molecule has 27 heavy (non-hydrogen) atoms. The van der Waals surface area contributed by atoms with Crippen LogP contribution in [0.25, 0.3) is 0 Å². The van der Waals surface area contributed by atoms with Crippen molar-refractivity contribution in [1.82, 2.24) is 0 Å². The van der Waals surface area contributed by atoms with Crippen LogP contribution in [0.1, 0.15) is 38.3 Å². The molecule has 0 unspecified atom stereocenters. The van der Waals surface area contributed by atoms with Gasteiger partial charge in [0.05, 0.1) is 18.7 Å². The predicted octanol–water partition coefficient (Wildman–Crippen LogP) is 3.84. The Bertz CT molecular complexity index is 821. The summed E-state index contributed by atoms with van der Waals surface area (Å²) in [4.78, 5) is 26.1. The molecule has 0 saturated heterocycles. The van der Waals surface area contributed by atoms with E-state index in [-0.39, 0.29) is 30.9 Å². The number of esters is 1. The van der Waals surface area contributed by atoms with E-state index in [1.54, 1.807) is 12.1 Å². The van der Waals surface area contributed by atoms with E-state index in [0.29, 0.717) is 18.0 Å². The van der Waals surface area contributed by atoms with E-state index in [4.69, 9.17) is 9.47 Å². The summed E-state index contributed by atoms with van der Waals surface area (Å²) in [5, 5.41) is 0. The summed E-state index contributed by atoms with van der Waals surface area (Å²) in [6, 6.07) is 15.3. The molecular formula is C22H25NO4. The van der Waals surface area contributed by atoms with E-state index < -0.39 is 5.97 Å². The molecule has 2 aromatic carbocycles. The first kappa shape index (κ1) is 19.0. The minimum atomic E-state index is -0.444. The zero-order valence-electron chi connectivity index (χ0n) is 16.0. The molecule has 142 valence electrons. The van der Waals surface area contributed by atoms with E-state index in [1.807, 2.05) is 24.3 Å². The lowest BCUT2D eigenvalue weighted by molar-refractivity contribution is -0.144. The SMILES string of the molecule is CC(C)(C)c1ccc(COC(=O)CN2C(=O)CCOc3ccccc32)cc1. The average Bonchev–Trinajstić information content (AvgIpc) is 2.79. The number of amides is 1. The summed E-state index contributed by atoms with van der Waals surface area (Å²) in [7, 11) is 0. The minimum absolute atomic E-state index is 0.0812. The summed E-state index contributed by atoms with van der Waals surface area (Å²) >= 11 is 0. The van der Waals surface area contributed by atoms with Crippen LogP contribution in [0.5, 0.6) is 5.75 Å². The fourth-order valence-electron chi connectivity index (χ4n) is 2.93. The maximum atomic E-state index is 12.4. The molecule has 0 atom stereocenters. The standard InChI is InChI=1S/C22H25NO4/c1-22(2,3)17-10-8-16(9-11-17)15-27-21(25)14-23-18-6-4-5-7-19(18)26-13-12-20(23)24/h4-11H,12-15H2,1-3H3. The highest BCUT2D eigenvalue weighted by Crippen LogP contribution is 2.30. The Hall–Kier alpha value is -2.82. The van der Waals surface area contributed by atoms with Gasteiger partial charge in [0.15, 0.2) is 0 Å². The highest BCUT2D eigenvalue weighted by molar-refractivity contribution is 5.99. The van der Waals surface area contributed by atoms with Crippen molar-refractivity contribution in [3.05, 3.63) is 59.7 Å². The molecule has 0 aromatic heterocycles. The van der Waals surface area contributed by atoms with Gasteiger partial charge in [-0.15, -0.1) is 0 Å². The molecule has 5 nitrogen and oxygen atoms in total. The summed E-state index contributed by atoms with van der Waals surface area (Å²) in [5.74, 6) is 0.0142. The molecule has 1 aliphatic heterocycles. The van der Waals surface area contributed by atoms with Crippen molar-refractivity contribution in [2.75, 3.05) is 18.1 Å². The van der Waals surface area contributed by atoms with Crippen molar-refractivity contribution in [3.8, 4) is 5.75 Å². The van der Waals surface area contributed by atoms with E-state index >= 15 is 0 Å². The van der Waals surface area contributed by atoms with Crippen molar-refractivity contribution in [2.45, 2.75) is 39.2 Å². The second-order valence-corrected chi connectivity index (χ2v) is 7.65. The smallest absolute Gasteiger partial charge is 0.326 e. The van der Waals surface area contributed by atoms with Crippen LogP contribution in [-0.2, 0) is 26.3 Å². The molecule has 0 radical (unpaired) electrons. The number of anilines is 1. The van der Waals surface area contributed by atoms with Crippen LogP contribution < -0.4 is 9.64 Å². The summed E-state index contributed by atoms with van der Waals surface area (Å²) in [6.45, 7) is 6.83. The Kier molecular flexibility index (Phi) is 5.49. The third kappa shape index (κ3) is 4.67. The molecular weight excluding hydrogens is 342 g/mol.